The van der Waals surface area contributed by atoms with Gasteiger partial charge >= 0.3 is 5.97 Å². The Kier molecular flexibility index (Phi) is 15.6. The molecular weight excluding hydrogens is 1010 g/mol. The SMILES string of the molecule is CON=C(C(=O)N[C@@H]1C(=O)N2C(C(=O)OCc3ccc(OC)cc3)=C(C=Cc3cc(=O)c(OC(c4ccccc4)c4ccccc4)cn3C)CS[C@H]12)c1csc(NC(c2ccccc2)(c2ccccc2)c2ccccc2)n1. The lowest BCUT2D eigenvalue weighted by atomic mass is 9.77. The second-order valence-electron chi connectivity index (χ2n) is 18.0. The molecule has 0 aliphatic carbocycles. The zero-order valence-electron chi connectivity index (χ0n) is 42.1. The molecule has 14 nitrogen and oxygen atoms in total. The molecule has 0 spiro atoms. The van der Waals surface area contributed by atoms with E-state index in [-0.39, 0.29) is 40.6 Å². The van der Waals surface area contributed by atoms with Crippen LogP contribution in [0.15, 0.2) is 221 Å². The van der Waals surface area contributed by atoms with E-state index in [0.29, 0.717) is 27.7 Å². The first-order valence-electron chi connectivity index (χ1n) is 24.6. The Morgan fingerprint density at radius 2 is 1.35 bits per heavy atom. The van der Waals surface area contributed by atoms with E-state index in [1.165, 1.54) is 41.2 Å². The van der Waals surface area contributed by atoms with Crippen molar-refractivity contribution >= 4 is 57.8 Å². The van der Waals surface area contributed by atoms with Gasteiger partial charge in [0.15, 0.2) is 16.6 Å². The number of carbonyl (C=O) groups excluding carboxylic acids is 3. The Hall–Kier alpha value is -8.99. The van der Waals surface area contributed by atoms with Gasteiger partial charge in [-0.15, -0.1) is 23.1 Å². The zero-order valence-corrected chi connectivity index (χ0v) is 43.8. The van der Waals surface area contributed by atoms with Gasteiger partial charge in [0.1, 0.15) is 53.9 Å². The molecule has 10 rings (SSSR count). The lowest BCUT2D eigenvalue weighted by molar-refractivity contribution is -0.153. The summed E-state index contributed by atoms with van der Waals surface area (Å²) < 4.78 is 19.4. The highest BCUT2D eigenvalue weighted by molar-refractivity contribution is 8.00. The van der Waals surface area contributed by atoms with E-state index in [1.54, 1.807) is 66.7 Å². The fourth-order valence-electron chi connectivity index (χ4n) is 9.36. The highest BCUT2D eigenvalue weighted by Gasteiger charge is 2.54. The van der Waals surface area contributed by atoms with E-state index in [0.717, 1.165) is 27.8 Å². The zero-order chi connectivity index (χ0) is 53.3. The van der Waals surface area contributed by atoms with Crippen LogP contribution in [0.4, 0.5) is 5.13 Å². The van der Waals surface area contributed by atoms with Gasteiger partial charge in [-0.05, 0) is 57.2 Å². The number of pyridine rings is 1. The highest BCUT2D eigenvalue weighted by Crippen LogP contribution is 2.43. The maximum absolute atomic E-state index is 14.4. The van der Waals surface area contributed by atoms with Crippen LogP contribution in [0.25, 0.3) is 6.08 Å². The number of fused-ring (bicyclic) bond motifs is 1. The van der Waals surface area contributed by atoms with E-state index < -0.39 is 40.8 Å². The van der Waals surface area contributed by atoms with Crippen molar-refractivity contribution in [2.75, 3.05) is 25.3 Å². The maximum atomic E-state index is 14.4. The van der Waals surface area contributed by atoms with E-state index in [4.69, 9.17) is 24.0 Å². The van der Waals surface area contributed by atoms with Crippen LogP contribution < -0.4 is 25.5 Å². The first kappa shape index (κ1) is 51.5. The second kappa shape index (κ2) is 23.3. The number of nitrogens with zero attached hydrogens (tertiary/aromatic N) is 4. The van der Waals surface area contributed by atoms with Gasteiger partial charge in [0.2, 0.25) is 5.43 Å². The van der Waals surface area contributed by atoms with Crippen LogP contribution in [0.1, 0.15) is 50.9 Å². The molecule has 2 amide bonds. The molecule has 16 heteroatoms. The van der Waals surface area contributed by atoms with Gasteiger partial charge in [0, 0.05) is 29.9 Å². The fraction of sp³-hybridized carbons (Fsp3) is 0.148. The fourth-order valence-corrected chi connectivity index (χ4v) is 11.4. The van der Waals surface area contributed by atoms with Gasteiger partial charge in [-0.25, -0.2) is 9.78 Å². The number of esters is 1. The number of allylic oxidation sites excluding steroid dienone is 1. The van der Waals surface area contributed by atoms with Gasteiger partial charge in [-0.1, -0.05) is 175 Å². The van der Waals surface area contributed by atoms with Gasteiger partial charge in [0.05, 0.1) is 13.3 Å². The Morgan fingerprint density at radius 3 is 1.91 bits per heavy atom. The number of amides is 2. The number of β-lactam (4-membered cyclic amide) rings is 1. The topological polar surface area (TPSA) is 163 Å². The summed E-state index contributed by atoms with van der Waals surface area (Å²) in [6, 6.07) is 57.1. The van der Waals surface area contributed by atoms with E-state index in [2.05, 4.69) is 52.2 Å². The van der Waals surface area contributed by atoms with Crippen molar-refractivity contribution in [3.63, 3.8) is 0 Å². The van der Waals surface area contributed by atoms with Crippen molar-refractivity contribution in [3.05, 3.63) is 266 Å². The molecule has 2 aliphatic rings. The number of thiazole rings is 1. The minimum atomic E-state index is -1.05. The number of hydrogen-bond acceptors (Lipinski definition) is 13. The van der Waals surface area contributed by atoms with Crippen LogP contribution in [0.2, 0.25) is 0 Å². The molecule has 77 heavy (non-hydrogen) atoms. The third-order valence-electron chi connectivity index (χ3n) is 13.2. The molecule has 2 atom stereocenters. The number of hydrogen-bond donors (Lipinski definition) is 2. The molecule has 8 aromatic rings. The lowest BCUT2D eigenvalue weighted by Crippen LogP contribution is -2.71. The molecule has 386 valence electrons. The Labute approximate surface area is 453 Å². The number of thioether (sulfide) groups is 1. The van der Waals surface area contributed by atoms with Crippen LogP contribution in [0.3, 0.4) is 0 Å². The molecule has 2 N–H and O–H groups in total. The average Bonchev–Trinajstić information content (AvgIpc) is 4.01. The third-order valence-corrected chi connectivity index (χ3v) is 15.3. The molecule has 2 aliphatic heterocycles. The standard InChI is InChI=1S/C61H52N6O8S2/c1-66-36-51(75-55(41-19-9-4-10-20-41)42-21-11-5-12-22-42)50(68)35-47(66)32-31-43-38-76-58-53(57(70)67(58)54(43)59(71)74-37-40-29-33-48(72-2)34-30-40)63-56(69)52(65-73-3)49-39-77-60(62-49)64-61(44-23-13-6-14-24-44,45-25-15-7-16-26-45)46-27-17-8-18-28-46/h4-36,39,53,55,58H,37-38H2,1-3H3,(H,62,64)(H,63,69)/t53-,58-/m1/s1. The number of aryl methyl sites for hydroxylation is 1. The predicted octanol–water partition coefficient (Wildman–Crippen LogP) is 9.88. The third kappa shape index (κ3) is 10.9. The number of aromatic nitrogens is 2. The van der Waals surface area contributed by atoms with Crippen molar-refractivity contribution < 1.29 is 33.4 Å². The van der Waals surface area contributed by atoms with E-state index in [1.807, 2.05) is 115 Å². The number of rotatable bonds is 19. The largest absolute Gasteiger partial charge is 0.497 e. The van der Waals surface area contributed by atoms with Crippen LogP contribution in [-0.4, -0.2) is 69.3 Å². The number of oxime groups is 1. The summed E-state index contributed by atoms with van der Waals surface area (Å²) in [5.74, 6) is -0.925. The summed E-state index contributed by atoms with van der Waals surface area (Å²) in [5, 5.41) is 12.2. The summed E-state index contributed by atoms with van der Waals surface area (Å²) in [5.41, 5.74) is 5.23. The summed E-state index contributed by atoms with van der Waals surface area (Å²) >= 11 is 2.65. The normalized spacial score (nSPS) is 15.4. The highest BCUT2D eigenvalue weighted by atomic mass is 32.2. The summed E-state index contributed by atoms with van der Waals surface area (Å²) in [4.78, 5) is 68.2. The number of ether oxygens (including phenoxy) is 3. The molecular formula is C61H52N6O8S2. The summed E-state index contributed by atoms with van der Waals surface area (Å²) in [6.07, 6.45) is 4.51. The predicted molar refractivity (Wildman–Crippen MR) is 299 cm³/mol. The number of anilines is 1. The number of nitrogens with one attached hydrogen (secondary N) is 2. The minimum absolute atomic E-state index is 0.0206. The minimum Gasteiger partial charge on any atom is -0.497 e. The first-order chi connectivity index (χ1) is 37.6. The molecule has 0 unspecified atom stereocenters. The molecule has 0 saturated carbocycles. The van der Waals surface area contributed by atoms with Gasteiger partial charge < -0.3 is 34.2 Å². The lowest BCUT2D eigenvalue weighted by Gasteiger charge is -2.49. The number of carbonyl (C=O) groups is 3. The van der Waals surface area contributed by atoms with Gasteiger partial charge in [0.25, 0.3) is 11.8 Å². The van der Waals surface area contributed by atoms with Gasteiger partial charge in [-0.3, -0.25) is 19.3 Å². The summed E-state index contributed by atoms with van der Waals surface area (Å²) in [6.45, 7) is -0.0866. The van der Waals surface area contributed by atoms with Crippen molar-refractivity contribution in [1.29, 1.82) is 0 Å². The van der Waals surface area contributed by atoms with Crippen LogP contribution in [-0.2, 0) is 43.2 Å². The van der Waals surface area contributed by atoms with Gasteiger partial charge in [-0.2, -0.15) is 0 Å². The van der Waals surface area contributed by atoms with Crippen LogP contribution in [0, 0.1) is 0 Å². The summed E-state index contributed by atoms with van der Waals surface area (Å²) in [7, 11) is 4.68. The molecule has 0 radical (unpaired) electrons. The average molecular weight is 1060 g/mol. The second-order valence-corrected chi connectivity index (χ2v) is 19.9. The van der Waals surface area contributed by atoms with E-state index >= 15 is 0 Å². The Bertz CT molecular complexity index is 3400. The van der Waals surface area contributed by atoms with Crippen molar-refractivity contribution in [2.24, 2.45) is 12.2 Å². The Balaban J connectivity index is 0.906. The molecule has 0 bridgehead atoms. The van der Waals surface area contributed by atoms with Crippen molar-refractivity contribution in [2.45, 2.75) is 29.7 Å². The van der Waals surface area contributed by atoms with E-state index in [9.17, 15) is 19.2 Å². The smallest absolute Gasteiger partial charge is 0.355 e. The quantitative estimate of drug-likeness (QED) is 0.0261. The molecule has 4 heterocycles. The number of benzene rings is 6. The first-order valence-corrected chi connectivity index (χ1v) is 26.5. The molecule has 1 fully saturated rings. The van der Waals surface area contributed by atoms with Crippen molar-refractivity contribution in [3.8, 4) is 11.5 Å². The monoisotopic (exact) mass is 1060 g/mol. The van der Waals surface area contributed by atoms with Crippen molar-refractivity contribution in [1.82, 2.24) is 19.8 Å². The Morgan fingerprint density at radius 1 is 0.779 bits per heavy atom. The van der Waals surface area contributed by atoms with Crippen LogP contribution >= 0.6 is 23.1 Å². The molecule has 2 aromatic heterocycles. The van der Waals surface area contributed by atoms with Crippen LogP contribution in [0.5, 0.6) is 11.5 Å². The molecule has 1 saturated heterocycles. The maximum Gasteiger partial charge on any atom is 0.355 e. The molecule has 6 aromatic carbocycles. The number of methoxy groups -OCH3 is 1.